The number of ether oxygens (including phenoxy) is 2. The molecule has 4 atom stereocenters. The topological polar surface area (TPSA) is 116 Å². The van der Waals surface area contributed by atoms with E-state index in [0.717, 1.165) is 12.8 Å². The second-order valence-electron chi connectivity index (χ2n) is 14.3. The van der Waals surface area contributed by atoms with Crippen LogP contribution < -0.4 is 0 Å². The molecule has 5 rings (SSSR count). The summed E-state index contributed by atoms with van der Waals surface area (Å²) < 4.78 is 19.7. The predicted molar refractivity (Wildman–Crippen MR) is 175 cm³/mol. The Balaban J connectivity index is 1.24. The van der Waals surface area contributed by atoms with Gasteiger partial charge in [-0.25, -0.2) is 19.6 Å². The minimum absolute atomic E-state index is 0.204. The lowest BCUT2D eigenvalue weighted by Gasteiger charge is -2.27. The average Bonchev–Trinajstić information content (AvgIpc) is 3.75. The van der Waals surface area contributed by atoms with Crippen molar-refractivity contribution in [2.24, 2.45) is 11.8 Å². The lowest BCUT2D eigenvalue weighted by atomic mass is 10.1. The van der Waals surface area contributed by atoms with Gasteiger partial charge in [0.05, 0.1) is 25.8 Å². The number of imidazole rings is 2. The van der Waals surface area contributed by atoms with Gasteiger partial charge in [0.2, 0.25) is 0 Å². The van der Waals surface area contributed by atoms with E-state index in [1.807, 2.05) is 47.6 Å². The second-order valence-corrected chi connectivity index (χ2v) is 14.3. The highest BCUT2D eigenvalue weighted by Gasteiger charge is 2.39. The van der Waals surface area contributed by atoms with Crippen LogP contribution >= 0.6 is 0 Å². The first-order valence-electron chi connectivity index (χ1n) is 16.3. The molecule has 0 bridgehead atoms. The molecule has 242 valence electrons. The van der Waals surface area contributed by atoms with Crippen molar-refractivity contribution in [1.82, 2.24) is 29.7 Å². The zero-order valence-electron chi connectivity index (χ0n) is 28.9. The maximum atomic E-state index is 12.8. The first-order valence-corrected chi connectivity index (χ1v) is 15.8. The van der Waals surface area contributed by atoms with Crippen LogP contribution in [0.1, 0.15) is 116 Å². The summed E-state index contributed by atoms with van der Waals surface area (Å²) in [7, 11) is 0. The van der Waals surface area contributed by atoms with Gasteiger partial charge in [0.1, 0.15) is 34.2 Å². The number of aromatic nitrogens is 4. The van der Waals surface area contributed by atoms with Gasteiger partial charge in [0.25, 0.3) is 0 Å². The molecule has 10 nitrogen and oxygen atoms in total. The van der Waals surface area contributed by atoms with Crippen LogP contribution in [0, 0.1) is 35.5 Å². The zero-order valence-corrected chi connectivity index (χ0v) is 27.9. The molecule has 4 heterocycles. The van der Waals surface area contributed by atoms with Gasteiger partial charge in [-0.2, -0.15) is 0 Å². The standard InChI is InChI=1S/C36H44N6O4/c1-23-17-29(41(21-23)33(43)45-35(3,4)5)31-37-19-27(39-31)15-13-25-9-11-26(12-10-25)14-16-28-20-38-32(40-28)30-18-24(2)22-42(30)34(44)46-36(6,7)8/h9-12,19-20,23-24,29-30H,17-18,21-22H2,1-8H3,(H,37,39)(H,38,40)/t23-,24-,29-,30-/m0/s1/i9D. The normalized spacial score (nSPS) is 21.6. The van der Waals surface area contributed by atoms with Gasteiger partial charge in [-0.1, -0.05) is 25.7 Å². The van der Waals surface area contributed by atoms with E-state index >= 15 is 0 Å². The molecule has 46 heavy (non-hydrogen) atoms. The second kappa shape index (κ2) is 13.0. The molecule has 2 fully saturated rings. The number of benzene rings is 1. The molecule has 0 saturated carbocycles. The number of carbonyl (C=O) groups is 2. The van der Waals surface area contributed by atoms with Gasteiger partial charge in [0, 0.05) is 24.2 Å². The number of nitrogens with one attached hydrogen (secondary N) is 2. The highest BCUT2D eigenvalue weighted by atomic mass is 16.6. The molecule has 2 amide bonds. The fourth-order valence-corrected chi connectivity index (χ4v) is 5.65. The van der Waals surface area contributed by atoms with Crippen molar-refractivity contribution in [2.45, 2.75) is 91.5 Å². The van der Waals surface area contributed by atoms with E-state index in [4.69, 9.17) is 10.8 Å². The number of hydrogen-bond acceptors (Lipinski definition) is 6. The summed E-state index contributed by atoms with van der Waals surface area (Å²) in [6, 6.07) is 5.11. The summed E-state index contributed by atoms with van der Waals surface area (Å²) >= 11 is 0. The van der Waals surface area contributed by atoms with E-state index in [2.05, 4.69) is 57.5 Å². The van der Waals surface area contributed by atoms with Gasteiger partial charge in [-0.05, 0) is 102 Å². The minimum atomic E-state index is -0.577. The zero-order chi connectivity index (χ0) is 34.1. The summed E-state index contributed by atoms with van der Waals surface area (Å²) in [5, 5.41) is 0. The van der Waals surface area contributed by atoms with Crippen LogP contribution in [0.25, 0.3) is 0 Å². The van der Waals surface area contributed by atoms with E-state index in [-0.39, 0.29) is 30.3 Å². The van der Waals surface area contributed by atoms with E-state index in [9.17, 15) is 9.59 Å². The molecule has 2 aliphatic rings. The lowest BCUT2D eigenvalue weighted by molar-refractivity contribution is 0.0204. The molecule has 2 aromatic heterocycles. The molecule has 1 aromatic carbocycles. The van der Waals surface area contributed by atoms with Crippen molar-refractivity contribution in [3.05, 3.63) is 70.8 Å². The molecule has 3 aromatic rings. The molecule has 2 saturated heterocycles. The number of H-pyrrole nitrogens is 2. The molecule has 0 radical (unpaired) electrons. The van der Waals surface area contributed by atoms with Crippen molar-refractivity contribution in [1.29, 1.82) is 0 Å². The van der Waals surface area contributed by atoms with Crippen LogP contribution in [0.15, 0.2) is 36.6 Å². The van der Waals surface area contributed by atoms with E-state index < -0.39 is 11.2 Å². The minimum Gasteiger partial charge on any atom is -0.444 e. The number of carbonyl (C=O) groups excluding carboxylic acids is 2. The highest BCUT2D eigenvalue weighted by Crippen LogP contribution is 2.36. The summed E-state index contributed by atoms with van der Waals surface area (Å²) in [6.07, 6.45) is 4.19. The van der Waals surface area contributed by atoms with Gasteiger partial charge >= 0.3 is 12.2 Å². The van der Waals surface area contributed by atoms with Crippen molar-refractivity contribution >= 4 is 12.2 Å². The Hall–Kier alpha value is -4.70. The number of likely N-dealkylation sites (tertiary alicyclic amines) is 2. The first-order chi connectivity index (χ1) is 22.0. The number of amides is 2. The Kier molecular flexibility index (Phi) is 8.82. The van der Waals surface area contributed by atoms with Crippen molar-refractivity contribution < 1.29 is 20.4 Å². The summed E-state index contributed by atoms with van der Waals surface area (Å²) in [5.41, 5.74) is 1.29. The lowest BCUT2D eigenvalue weighted by Crippen LogP contribution is -2.37. The van der Waals surface area contributed by atoms with Crippen LogP contribution in [0.5, 0.6) is 0 Å². The Morgan fingerprint density at radius 3 is 1.63 bits per heavy atom. The van der Waals surface area contributed by atoms with Crippen LogP contribution in [0.4, 0.5) is 9.59 Å². The van der Waals surface area contributed by atoms with Gasteiger partial charge < -0.3 is 19.4 Å². The Morgan fingerprint density at radius 2 is 1.20 bits per heavy atom. The van der Waals surface area contributed by atoms with Gasteiger partial charge in [-0.3, -0.25) is 9.80 Å². The van der Waals surface area contributed by atoms with Crippen molar-refractivity contribution in [3.8, 4) is 23.7 Å². The summed E-state index contributed by atoms with van der Waals surface area (Å²) in [5.74, 6) is 14.3. The first kappa shape index (κ1) is 31.3. The molecule has 0 unspecified atom stereocenters. The SMILES string of the molecule is [2H]c1cc(C#Cc2cnc([C@@H]3C[C@H](C)CN3C(=O)OC(C)(C)C)[nH]2)ccc1C#Cc1cnc([C@@H]2C[C@H](C)CN2C(=O)OC(C)(C)C)[nH]1. The molecular weight excluding hydrogens is 580 g/mol. The summed E-state index contributed by atoms with van der Waals surface area (Å²) in [6.45, 7) is 16.6. The van der Waals surface area contributed by atoms with Gasteiger partial charge in [-0.15, -0.1) is 0 Å². The third kappa shape index (κ3) is 8.31. The molecule has 2 aliphatic heterocycles. The van der Waals surface area contributed by atoms with Crippen molar-refractivity contribution in [2.75, 3.05) is 13.1 Å². The van der Waals surface area contributed by atoms with E-state index in [1.54, 1.807) is 34.3 Å². The Bertz CT molecular complexity index is 1760. The van der Waals surface area contributed by atoms with Crippen LogP contribution in [-0.2, 0) is 9.47 Å². The quantitative estimate of drug-likeness (QED) is 0.311. The van der Waals surface area contributed by atoms with E-state index in [0.29, 0.717) is 59.1 Å². The number of aromatic amines is 2. The maximum Gasteiger partial charge on any atom is 0.410 e. The molecule has 0 aliphatic carbocycles. The molecular formula is C36H44N6O4. The van der Waals surface area contributed by atoms with Crippen LogP contribution in [-0.4, -0.2) is 66.2 Å². The summed E-state index contributed by atoms with van der Waals surface area (Å²) in [4.78, 5) is 44.6. The molecule has 10 heteroatoms. The largest absolute Gasteiger partial charge is 0.444 e. The number of rotatable bonds is 2. The maximum absolute atomic E-state index is 12.8. The number of hydrogen-bond donors (Lipinski definition) is 2. The average molecular weight is 626 g/mol. The van der Waals surface area contributed by atoms with Crippen molar-refractivity contribution in [3.63, 3.8) is 0 Å². The van der Waals surface area contributed by atoms with E-state index in [1.165, 1.54) is 0 Å². The fourth-order valence-electron chi connectivity index (χ4n) is 5.65. The fraction of sp³-hybridized carbons (Fsp3) is 0.500. The predicted octanol–water partition coefficient (Wildman–Crippen LogP) is 6.57. The Morgan fingerprint density at radius 1 is 0.761 bits per heavy atom. The van der Waals surface area contributed by atoms with Crippen LogP contribution in [0.3, 0.4) is 0 Å². The Labute approximate surface area is 273 Å². The number of nitrogens with zero attached hydrogens (tertiary/aromatic N) is 4. The highest BCUT2D eigenvalue weighted by molar-refractivity contribution is 5.69. The van der Waals surface area contributed by atoms with Gasteiger partial charge in [0.15, 0.2) is 0 Å². The third-order valence-corrected chi connectivity index (χ3v) is 7.58. The third-order valence-electron chi connectivity index (χ3n) is 7.58. The van der Waals surface area contributed by atoms with Crippen LogP contribution in [0.2, 0.25) is 0 Å². The smallest absolute Gasteiger partial charge is 0.410 e. The molecule has 2 N–H and O–H groups in total. The molecule has 0 spiro atoms. The monoisotopic (exact) mass is 625 g/mol.